The van der Waals surface area contributed by atoms with Crippen LogP contribution in [0.2, 0.25) is 0 Å². The van der Waals surface area contributed by atoms with E-state index in [1.807, 2.05) is 13.8 Å². The molecule has 0 atom stereocenters. The van der Waals surface area contributed by atoms with Crippen LogP contribution in [0.25, 0.3) is 0 Å². The lowest BCUT2D eigenvalue weighted by atomic mass is 10.6. The first-order chi connectivity index (χ1) is 2.27. The fourth-order valence-electron chi connectivity index (χ4n) is 0. The summed E-state index contributed by atoms with van der Waals surface area (Å²) >= 11 is 0. The molecule has 0 unspecified atom stereocenters. The normalized spacial score (nSPS) is 6.80. The average molecular weight is 88.2 g/mol. The van der Waals surface area contributed by atoms with Gasteiger partial charge in [0.2, 0.25) is 0 Å². The third-order valence-electron chi connectivity index (χ3n) is 0.289. The quantitative estimate of drug-likeness (QED) is 0.392. The zero-order valence-electron chi connectivity index (χ0n) is 3.62. The molecule has 0 rings (SSSR count). The summed E-state index contributed by atoms with van der Waals surface area (Å²) in [7, 11) is 1.55. The molecule has 0 amide bonds. The zero-order chi connectivity index (χ0) is 4.28. The summed E-state index contributed by atoms with van der Waals surface area (Å²) in [5.41, 5.74) is 0. The van der Waals surface area contributed by atoms with E-state index in [1.165, 1.54) is 4.86 Å². The van der Waals surface area contributed by atoms with Crippen LogP contribution in [-0.2, 0) is 0 Å². The number of hydrogen-bond donors (Lipinski definition) is 0. The lowest BCUT2D eigenvalue weighted by Gasteiger charge is -1.67. The molecule has 0 fully saturated rings. The van der Waals surface area contributed by atoms with E-state index in [2.05, 4.69) is 5.87 Å². The van der Waals surface area contributed by atoms with Crippen molar-refractivity contribution in [3.05, 3.63) is 0 Å². The molecule has 0 aromatic rings. The van der Waals surface area contributed by atoms with Gasteiger partial charge in [0.25, 0.3) is 0 Å². The van der Waals surface area contributed by atoms with E-state index in [-0.39, 0.29) is 0 Å². The fraction of sp³-hybridized carbons (Fsp3) is 0.500. The minimum Gasteiger partial charge on any atom is -0.162 e. The molecule has 0 aromatic carbocycles. The molecular formula is C4H8S. The summed E-state index contributed by atoms with van der Waals surface area (Å²) in [6.45, 7) is 4.08. The van der Waals surface area contributed by atoms with Gasteiger partial charge in [-0.2, -0.15) is 10.9 Å². The Bertz CT molecular complexity index is 63.7. The Morgan fingerprint density at radius 2 is 1.80 bits per heavy atom. The minimum absolute atomic E-state index is 1.31. The van der Waals surface area contributed by atoms with Crippen molar-refractivity contribution in [2.24, 2.45) is 0 Å². The van der Waals surface area contributed by atoms with Crippen molar-refractivity contribution in [2.45, 2.75) is 13.8 Å². The van der Waals surface area contributed by atoms with Crippen LogP contribution in [0.3, 0.4) is 0 Å². The van der Waals surface area contributed by atoms with Gasteiger partial charge in [-0.25, -0.2) is 0 Å². The maximum atomic E-state index is 3.56. The third-order valence-corrected chi connectivity index (χ3v) is 0.866. The molecule has 0 bridgehead atoms. The topological polar surface area (TPSA) is 0 Å². The number of hydrogen-bond acceptors (Lipinski definition) is 0. The molecule has 0 heterocycles. The molecule has 0 aliphatic carbocycles. The fourth-order valence-corrected chi connectivity index (χ4v) is 0. The average Bonchev–Trinajstić information content (AvgIpc) is 1.38. The monoisotopic (exact) mass is 88.0 g/mol. The van der Waals surface area contributed by atoms with Crippen molar-refractivity contribution in [3.63, 3.8) is 0 Å². The van der Waals surface area contributed by atoms with E-state index in [1.54, 1.807) is 10.9 Å². The predicted octanol–water partition coefficient (Wildman–Crippen LogP) is 1.36. The number of rotatable bonds is 0. The Morgan fingerprint density at radius 3 is 1.80 bits per heavy atom. The molecule has 0 spiro atoms. The van der Waals surface area contributed by atoms with Crippen LogP contribution in [-0.4, -0.2) is 10.7 Å². The summed E-state index contributed by atoms with van der Waals surface area (Å²) in [5.74, 6) is 3.56. The van der Waals surface area contributed by atoms with E-state index >= 15 is 0 Å². The van der Waals surface area contributed by atoms with Crippen molar-refractivity contribution in [2.75, 3.05) is 0 Å². The van der Waals surface area contributed by atoms with Crippen molar-refractivity contribution < 1.29 is 0 Å². The highest BCUT2D eigenvalue weighted by atomic mass is 32.1. The van der Waals surface area contributed by atoms with Crippen LogP contribution in [0.5, 0.6) is 0 Å². The van der Waals surface area contributed by atoms with Gasteiger partial charge in [-0.1, -0.05) is 0 Å². The van der Waals surface area contributed by atoms with E-state index < -0.39 is 0 Å². The molecule has 0 saturated heterocycles. The predicted molar refractivity (Wildman–Crippen MR) is 31.1 cm³/mol. The van der Waals surface area contributed by atoms with Crippen molar-refractivity contribution in [3.8, 4) is 0 Å². The first-order valence-corrected chi connectivity index (χ1v) is 2.48. The van der Waals surface area contributed by atoms with Gasteiger partial charge in [0, 0.05) is 0 Å². The van der Waals surface area contributed by atoms with Crippen LogP contribution in [0, 0.1) is 0 Å². The van der Waals surface area contributed by atoms with E-state index in [9.17, 15) is 0 Å². The molecule has 0 nitrogen and oxygen atoms in total. The molecular weight excluding hydrogens is 80.1 g/mol. The SMILES string of the molecule is C=S=C(C)C. The maximum absolute atomic E-state index is 3.56. The third kappa shape index (κ3) is 3.96. The molecule has 0 N–H and O–H groups in total. The molecule has 0 aliphatic rings. The largest absolute Gasteiger partial charge is 0.162 e. The molecule has 30 valence electrons. The van der Waals surface area contributed by atoms with Gasteiger partial charge >= 0.3 is 0 Å². The van der Waals surface area contributed by atoms with E-state index in [0.717, 1.165) is 0 Å². The van der Waals surface area contributed by atoms with Crippen LogP contribution < -0.4 is 0 Å². The Hall–Kier alpha value is -0.0400. The molecule has 1 heteroatoms. The summed E-state index contributed by atoms with van der Waals surface area (Å²) < 4.78 is 0. The van der Waals surface area contributed by atoms with Crippen molar-refractivity contribution >= 4 is 21.7 Å². The maximum Gasteiger partial charge on any atom is -0.0246 e. The van der Waals surface area contributed by atoms with Gasteiger partial charge in [0.15, 0.2) is 0 Å². The molecule has 5 heavy (non-hydrogen) atoms. The second kappa shape index (κ2) is 2.21. The van der Waals surface area contributed by atoms with Crippen molar-refractivity contribution in [1.29, 1.82) is 0 Å². The molecule has 0 aromatic heterocycles. The Labute approximate surface area is 36.4 Å². The Morgan fingerprint density at radius 1 is 1.60 bits per heavy atom. The van der Waals surface area contributed by atoms with Crippen LogP contribution in [0.1, 0.15) is 13.8 Å². The van der Waals surface area contributed by atoms with Gasteiger partial charge in [0.1, 0.15) is 0 Å². The van der Waals surface area contributed by atoms with Crippen LogP contribution >= 0.6 is 10.9 Å². The molecule has 0 aliphatic heterocycles. The lowest BCUT2D eigenvalue weighted by molar-refractivity contribution is 1.85. The smallest absolute Gasteiger partial charge is 0.0246 e. The van der Waals surface area contributed by atoms with Crippen molar-refractivity contribution in [1.82, 2.24) is 0 Å². The van der Waals surface area contributed by atoms with Crippen LogP contribution in [0.4, 0.5) is 0 Å². The minimum atomic E-state index is 1.31. The van der Waals surface area contributed by atoms with E-state index in [0.29, 0.717) is 0 Å². The van der Waals surface area contributed by atoms with Gasteiger partial charge in [-0.05, 0) is 24.6 Å². The van der Waals surface area contributed by atoms with Gasteiger partial charge in [-0.3, -0.25) is 0 Å². The van der Waals surface area contributed by atoms with Gasteiger partial charge in [0.05, 0.1) is 0 Å². The highest BCUT2D eigenvalue weighted by molar-refractivity contribution is 7.95. The molecule has 0 radical (unpaired) electrons. The lowest BCUT2D eigenvalue weighted by Crippen LogP contribution is -1.65. The second-order valence-corrected chi connectivity index (χ2v) is 2.16. The van der Waals surface area contributed by atoms with Crippen LogP contribution in [0.15, 0.2) is 0 Å². The van der Waals surface area contributed by atoms with E-state index in [4.69, 9.17) is 0 Å². The standard InChI is InChI=1S/C4H8S/c1-4(2)5-3/h3H2,1-2H3. The van der Waals surface area contributed by atoms with Gasteiger partial charge in [-0.15, -0.1) is 0 Å². The van der Waals surface area contributed by atoms with Gasteiger partial charge < -0.3 is 0 Å². The summed E-state index contributed by atoms with van der Waals surface area (Å²) in [6, 6.07) is 0. The summed E-state index contributed by atoms with van der Waals surface area (Å²) in [6.07, 6.45) is 0. The Kier molecular flexibility index (Phi) is 2.19. The second-order valence-electron chi connectivity index (χ2n) is 1.05. The highest BCUT2D eigenvalue weighted by Crippen LogP contribution is 1.68. The summed E-state index contributed by atoms with van der Waals surface area (Å²) in [5, 5.41) is 0. The summed E-state index contributed by atoms with van der Waals surface area (Å²) in [4.78, 5) is 1.31. The first kappa shape index (κ1) is 4.96. The first-order valence-electron chi connectivity index (χ1n) is 1.49. The Balaban J connectivity index is 3.60. The highest BCUT2D eigenvalue weighted by Gasteiger charge is 1.57. The molecule has 0 saturated carbocycles. The zero-order valence-corrected chi connectivity index (χ0v) is 4.43.